The van der Waals surface area contributed by atoms with Gasteiger partial charge in [0.1, 0.15) is 5.82 Å². The maximum absolute atomic E-state index is 15.3. The third-order valence-corrected chi connectivity index (χ3v) is 6.12. The molecule has 0 atom stereocenters. The third kappa shape index (κ3) is 3.47. The fraction of sp³-hybridized carbons (Fsp3) is 0. The Bertz CT molecular complexity index is 1890. The van der Waals surface area contributed by atoms with Crippen molar-refractivity contribution in [2.45, 2.75) is 0 Å². The lowest BCUT2D eigenvalue weighted by Crippen LogP contribution is -2.09. The summed E-state index contributed by atoms with van der Waals surface area (Å²) in [5, 5.41) is -6.51. The van der Waals surface area contributed by atoms with Crippen LogP contribution in [0.15, 0.2) is 24.3 Å². The SMILES string of the molecule is Fc1cc(F)c(F)c(-c2c3cccc(F)c3c(-c3c(F)c(F)c(F)c(F)c3F)c3c(F)c(F)c(F)c(F)c23)c1F. The molecule has 0 bridgehead atoms. The van der Waals surface area contributed by atoms with E-state index in [1.54, 1.807) is 0 Å². The molecule has 0 spiro atoms. The zero-order valence-electron chi connectivity index (χ0n) is 18.6. The van der Waals surface area contributed by atoms with Crippen molar-refractivity contribution in [3.8, 4) is 22.3 Å². The molecule has 40 heavy (non-hydrogen) atoms. The molecule has 5 aromatic rings. The van der Waals surface area contributed by atoms with Crippen molar-refractivity contribution >= 4 is 21.5 Å². The molecule has 0 radical (unpaired) electrons. The van der Waals surface area contributed by atoms with Gasteiger partial charge in [0.25, 0.3) is 0 Å². The molecule has 0 aromatic heterocycles. The molecule has 0 amide bonds. The number of hydrogen-bond acceptors (Lipinski definition) is 0. The van der Waals surface area contributed by atoms with E-state index in [9.17, 15) is 48.3 Å². The number of halogens is 14. The number of fused-ring (bicyclic) bond motifs is 2. The standard InChI is InChI=1S/C26H4F14/c27-6-3-1-2-5-9(6)11(15-20(34)24(38)26(40)25(39)21(15)35)13-12(18(32)22(36)23(37)19(13)33)10(5)14-16(30)7(28)4-8(29)17(14)31/h1-4H. The molecule has 0 aliphatic carbocycles. The first-order valence-electron chi connectivity index (χ1n) is 10.5. The van der Waals surface area contributed by atoms with Crippen molar-refractivity contribution in [3.05, 3.63) is 106 Å². The second-order valence-corrected chi connectivity index (χ2v) is 8.21. The van der Waals surface area contributed by atoms with Crippen molar-refractivity contribution < 1.29 is 61.5 Å². The smallest absolute Gasteiger partial charge is 0.200 e. The molecule has 0 nitrogen and oxygen atoms in total. The summed E-state index contributed by atoms with van der Waals surface area (Å²) >= 11 is 0. The summed E-state index contributed by atoms with van der Waals surface area (Å²) in [5.41, 5.74) is -7.47. The van der Waals surface area contributed by atoms with Crippen LogP contribution >= 0.6 is 0 Å². The van der Waals surface area contributed by atoms with E-state index in [0.29, 0.717) is 18.2 Å². The van der Waals surface area contributed by atoms with Crippen molar-refractivity contribution in [2.75, 3.05) is 0 Å². The minimum atomic E-state index is -2.76. The highest BCUT2D eigenvalue weighted by Gasteiger charge is 2.36. The van der Waals surface area contributed by atoms with E-state index in [2.05, 4.69) is 0 Å². The highest BCUT2D eigenvalue weighted by atomic mass is 19.2. The first-order valence-corrected chi connectivity index (χ1v) is 10.5. The lowest BCUT2D eigenvalue weighted by molar-refractivity contribution is 0.381. The fourth-order valence-corrected chi connectivity index (χ4v) is 4.47. The van der Waals surface area contributed by atoms with E-state index in [4.69, 9.17) is 0 Å². The zero-order chi connectivity index (χ0) is 29.5. The van der Waals surface area contributed by atoms with Crippen LogP contribution in [0.4, 0.5) is 61.5 Å². The Morgan fingerprint density at radius 3 is 1.20 bits per heavy atom. The Hall–Kier alpha value is -4.36. The predicted octanol–water partition coefficient (Wildman–Crippen LogP) is 9.27. The highest BCUT2D eigenvalue weighted by molar-refractivity contribution is 6.22. The van der Waals surface area contributed by atoms with Gasteiger partial charge in [0.2, 0.25) is 5.82 Å². The first kappa shape index (κ1) is 27.2. The Labute approximate surface area is 211 Å². The molecule has 5 aromatic carbocycles. The van der Waals surface area contributed by atoms with E-state index >= 15 is 13.2 Å². The molecule has 0 aliphatic heterocycles. The van der Waals surface area contributed by atoms with Gasteiger partial charge in [0, 0.05) is 33.4 Å². The van der Waals surface area contributed by atoms with Gasteiger partial charge in [0.15, 0.2) is 69.8 Å². The monoisotopic (exact) mass is 582 g/mol. The molecule has 0 fully saturated rings. The summed E-state index contributed by atoms with van der Waals surface area (Å²) in [4.78, 5) is 0. The molecular weight excluding hydrogens is 578 g/mol. The summed E-state index contributed by atoms with van der Waals surface area (Å²) in [6, 6.07) is 1.33. The van der Waals surface area contributed by atoms with Gasteiger partial charge in [0.05, 0.1) is 11.1 Å². The van der Waals surface area contributed by atoms with E-state index in [0.717, 1.165) is 0 Å². The average Bonchev–Trinajstić information content (AvgIpc) is 2.92. The van der Waals surface area contributed by atoms with Gasteiger partial charge in [-0.1, -0.05) is 12.1 Å². The quantitative estimate of drug-likeness (QED) is 0.0843. The Morgan fingerprint density at radius 1 is 0.300 bits per heavy atom. The Kier molecular flexibility index (Phi) is 6.19. The molecule has 0 N–H and O–H groups in total. The highest BCUT2D eigenvalue weighted by Crippen LogP contribution is 2.50. The predicted molar refractivity (Wildman–Crippen MR) is 112 cm³/mol. The van der Waals surface area contributed by atoms with Gasteiger partial charge in [-0.3, -0.25) is 0 Å². The van der Waals surface area contributed by atoms with Crippen molar-refractivity contribution in [2.24, 2.45) is 0 Å². The van der Waals surface area contributed by atoms with Gasteiger partial charge in [-0.05, 0) is 11.5 Å². The van der Waals surface area contributed by atoms with Crippen molar-refractivity contribution in [1.82, 2.24) is 0 Å². The number of rotatable bonds is 2. The largest absolute Gasteiger partial charge is 0.206 e. The van der Waals surface area contributed by atoms with Crippen LogP contribution in [0.5, 0.6) is 0 Å². The van der Waals surface area contributed by atoms with Gasteiger partial charge in [-0.25, -0.2) is 61.5 Å². The average molecular weight is 582 g/mol. The summed E-state index contributed by atoms with van der Waals surface area (Å²) in [5.74, 6) is -35.1. The maximum atomic E-state index is 15.3. The molecule has 0 heterocycles. The van der Waals surface area contributed by atoms with Gasteiger partial charge in [-0.15, -0.1) is 0 Å². The lowest BCUT2D eigenvalue weighted by Gasteiger charge is -2.21. The third-order valence-electron chi connectivity index (χ3n) is 6.12. The molecule has 14 heteroatoms. The van der Waals surface area contributed by atoms with Crippen LogP contribution in [0.2, 0.25) is 0 Å². The summed E-state index contributed by atoms with van der Waals surface area (Å²) < 4.78 is 204. The maximum Gasteiger partial charge on any atom is 0.200 e. The Balaban J connectivity index is 2.26. The Morgan fingerprint density at radius 2 is 0.700 bits per heavy atom. The lowest BCUT2D eigenvalue weighted by atomic mass is 9.84. The topological polar surface area (TPSA) is 0 Å². The second-order valence-electron chi connectivity index (χ2n) is 8.21. The van der Waals surface area contributed by atoms with Crippen LogP contribution < -0.4 is 0 Å². The molecule has 0 aliphatic rings. The van der Waals surface area contributed by atoms with Crippen molar-refractivity contribution in [3.63, 3.8) is 0 Å². The van der Waals surface area contributed by atoms with Crippen LogP contribution in [0.3, 0.4) is 0 Å². The van der Waals surface area contributed by atoms with Crippen LogP contribution in [-0.2, 0) is 0 Å². The first-order chi connectivity index (χ1) is 18.7. The van der Waals surface area contributed by atoms with Gasteiger partial charge in [-0.2, -0.15) is 0 Å². The molecular formula is C26H4F14. The van der Waals surface area contributed by atoms with Crippen LogP contribution in [0.25, 0.3) is 43.8 Å². The minimum absolute atomic E-state index is 0.320. The van der Waals surface area contributed by atoms with E-state index in [-0.39, 0.29) is 6.07 Å². The number of hydrogen-bond donors (Lipinski definition) is 0. The molecule has 0 saturated carbocycles. The molecule has 206 valence electrons. The van der Waals surface area contributed by atoms with Gasteiger partial charge < -0.3 is 0 Å². The van der Waals surface area contributed by atoms with E-state index in [1.807, 2.05) is 0 Å². The zero-order valence-corrected chi connectivity index (χ0v) is 18.6. The minimum Gasteiger partial charge on any atom is -0.206 e. The number of benzene rings is 5. The second kappa shape index (κ2) is 9.10. The van der Waals surface area contributed by atoms with Crippen LogP contribution in [-0.4, -0.2) is 0 Å². The fourth-order valence-electron chi connectivity index (χ4n) is 4.47. The van der Waals surface area contributed by atoms with Crippen molar-refractivity contribution in [1.29, 1.82) is 0 Å². The normalized spacial score (nSPS) is 11.8. The molecule has 0 unspecified atom stereocenters. The summed E-state index contributed by atoms with van der Waals surface area (Å²) in [6.45, 7) is 0. The van der Waals surface area contributed by atoms with Crippen LogP contribution in [0, 0.1) is 81.4 Å². The summed E-state index contributed by atoms with van der Waals surface area (Å²) in [7, 11) is 0. The molecule has 5 rings (SSSR count). The summed E-state index contributed by atoms with van der Waals surface area (Å²) in [6.07, 6.45) is 0. The van der Waals surface area contributed by atoms with Crippen LogP contribution in [0.1, 0.15) is 0 Å². The van der Waals surface area contributed by atoms with Gasteiger partial charge >= 0.3 is 0 Å². The van der Waals surface area contributed by atoms with E-state index < -0.39 is 125 Å². The van der Waals surface area contributed by atoms with E-state index in [1.165, 1.54) is 0 Å². The molecule has 0 saturated heterocycles.